The number of rotatable bonds is 8. The van der Waals surface area contributed by atoms with E-state index in [4.69, 9.17) is 17.3 Å². The molecule has 0 fully saturated rings. The van der Waals surface area contributed by atoms with Crippen molar-refractivity contribution < 1.29 is 9.72 Å². The van der Waals surface area contributed by atoms with Crippen molar-refractivity contribution in [2.24, 2.45) is 5.73 Å². The summed E-state index contributed by atoms with van der Waals surface area (Å²) in [6, 6.07) is 4.08. The minimum absolute atomic E-state index is 0.134. The fraction of sp³-hybridized carbons (Fsp3) is 0.462. The van der Waals surface area contributed by atoms with Gasteiger partial charge in [-0.3, -0.25) is 14.9 Å². The summed E-state index contributed by atoms with van der Waals surface area (Å²) in [5.74, 6) is -0.247. The number of nitro groups is 1. The van der Waals surface area contributed by atoms with Crippen molar-refractivity contribution in [1.29, 1.82) is 0 Å². The van der Waals surface area contributed by atoms with Crippen LogP contribution in [0.4, 0.5) is 11.4 Å². The summed E-state index contributed by atoms with van der Waals surface area (Å²) in [7, 11) is 0. The molecule has 0 aromatic heterocycles. The fourth-order valence-corrected chi connectivity index (χ4v) is 1.94. The zero-order chi connectivity index (χ0) is 15.0. The lowest BCUT2D eigenvalue weighted by molar-refractivity contribution is -0.383. The van der Waals surface area contributed by atoms with Gasteiger partial charge >= 0.3 is 0 Å². The number of nitrogens with two attached hydrogens (primary N) is 1. The van der Waals surface area contributed by atoms with Gasteiger partial charge in [0.1, 0.15) is 5.69 Å². The van der Waals surface area contributed by atoms with Gasteiger partial charge in [-0.2, -0.15) is 0 Å². The van der Waals surface area contributed by atoms with Gasteiger partial charge in [0.05, 0.1) is 4.92 Å². The number of carbonyl (C=O) groups excluding carboxylic acids is 1. The van der Waals surface area contributed by atoms with Crippen molar-refractivity contribution >= 4 is 28.9 Å². The molecular formula is C13H18ClN3O3. The number of nitrogens with zero attached hydrogens (tertiary/aromatic N) is 1. The quantitative estimate of drug-likeness (QED) is 0.438. The highest BCUT2D eigenvalue weighted by molar-refractivity contribution is 6.31. The van der Waals surface area contributed by atoms with Crippen LogP contribution in [0.3, 0.4) is 0 Å². The van der Waals surface area contributed by atoms with Crippen LogP contribution in [-0.4, -0.2) is 17.4 Å². The molecule has 0 aliphatic carbocycles. The molecule has 1 aromatic carbocycles. The maximum atomic E-state index is 11.7. The van der Waals surface area contributed by atoms with Crippen molar-refractivity contribution in [3.8, 4) is 0 Å². The van der Waals surface area contributed by atoms with Gasteiger partial charge in [0.25, 0.3) is 5.69 Å². The first-order valence-corrected chi connectivity index (χ1v) is 6.86. The average molecular weight is 300 g/mol. The number of halogens is 1. The Bertz CT molecular complexity index is 480. The SMILES string of the molecule is NCCCCCCC(=O)Nc1cc(Cl)ccc1[N+](=O)[O-]. The molecule has 0 aliphatic rings. The topological polar surface area (TPSA) is 98.3 Å². The van der Waals surface area contributed by atoms with E-state index in [0.717, 1.165) is 25.7 Å². The molecule has 1 rings (SSSR count). The second kappa shape index (κ2) is 8.50. The van der Waals surface area contributed by atoms with E-state index in [1.807, 2.05) is 0 Å². The third-order valence-electron chi connectivity index (χ3n) is 2.79. The van der Waals surface area contributed by atoms with E-state index in [0.29, 0.717) is 18.0 Å². The molecule has 0 radical (unpaired) electrons. The summed E-state index contributed by atoms with van der Waals surface area (Å²) in [5, 5.41) is 13.7. The smallest absolute Gasteiger partial charge is 0.292 e. The lowest BCUT2D eigenvalue weighted by atomic mass is 10.1. The van der Waals surface area contributed by atoms with Crippen molar-refractivity contribution in [3.63, 3.8) is 0 Å². The summed E-state index contributed by atoms with van der Waals surface area (Å²) < 4.78 is 0. The van der Waals surface area contributed by atoms with E-state index in [1.54, 1.807) is 0 Å². The minimum Gasteiger partial charge on any atom is -0.330 e. The molecular weight excluding hydrogens is 282 g/mol. The zero-order valence-corrected chi connectivity index (χ0v) is 11.9. The summed E-state index contributed by atoms with van der Waals surface area (Å²) >= 11 is 5.78. The molecule has 0 heterocycles. The van der Waals surface area contributed by atoms with Gasteiger partial charge in [0.15, 0.2) is 0 Å². The molecule has 6 nitrogen and oxygen atoms in total. The standard InChI is InChI=1S/C13H18ClN3O3/c14-10-6-7-12(17(19)20)11(9-10)16-13(18)5-3-1-2-4-8-15/h6-7,9H,1-5,8,15H2,(H,16,18). The van der Waals surface area contributed by atoms with E-state index < -0.39 is 4.92 Å². The Labute approximate surface area is 122 Å². The number of hydrogen-bond acceptors (Lipinski definition) is 4. The Morgan fingerprint density at radius 3 is 2.65 bits per heavy atom. The summed E-state index contributed by atoms with van der Waals surface area (Å²) in [4.78, 5) is 22.0. The predicted molar refractivity (Wildman–Crippen MR) is 78.9 cm³/mol. The molecule has 3 N–H and O–H groups in total. The third-order valence-corrected chi connectivity index (χ3v) is 3.02. The Morgan fingerprint density at radius 2 is 2.00 bits per heavy atom. The number of amides is 1. The second-order valence-corrected chi connectivity index (χ2v) is 4.86. The van der Waals surface area contributed by atoms with Crippen LogP contribution in [0.2, 0.25) is 5.02 Å². The first-order chi connectivity index (χ1) is 9.54. The molecule has 0 unspecified atom stereocenters. The molecule has 0 atom stereocenters. The zero-order valence-electron chi connectivity index (χ0n) is 11.1. The largest absolute Gasteiger partial charge is 0.330 e. The van der Waals surface area contributed by atoms with Gasteiger partial charge in [-0.15, -0.1) is 0 Å². The average Bonchev–Trinajstić information content (AvgIpc) is 2.38. The molecule has 0 bridgehead atoms. The highest BCUT2D eigenvalue weighted by Gasteiger charge is 2.15. The van der Waals surface area contributed by atoms with Gasteiger partial charge < -0.3 is 11.1 Å². The molecule has 7 heteroatoms. The highest BCUT2D eigenvalue weighted by Crippen LogP contribution is 2.27. The maximum Gasteiger partial charge on any atom is 0.292 e. The van der Waals surface area contributed by atoms with Gasteiger partial charge in [-0.1, -0.05) is 24.4 Å². The van der Waals surface area contributed by atoms with Crippen LogP contribution in [0, 0.1) is 10.1 Å². The lowest BCUT2D eigenvalue weighted by Crippen LogP contribution is -2.12. The van der Waals surface area contributed by atoms with E-state index in [9.17, 15) is 14.9 Å². The molecule has 1 aromatic rings. The van der Waals surface area contributed by atoms with Gasteiger partial charge in [-0.25, -0.2) is 0 Å². The van der Waals surface area contributed by atoms with E-state index in [1.165, 1.54) is 18.2 Å². The number of benzene rings is 1. The van der Waals surface area contributed by atoms with E-state index >= 15 is 0 Å². The molecule has 0 saturated carbocycles. The second-order valence-electron chi connectivity index (χ2n) is 4.42. The number of carbonyl (C=O) groups is 1. The number of unbranched alkanes of at least 4 members (excludes halogenated alkanes) is 3. The van der Waals surface area contributed by atoms with Crippen LogP contribution in [0.5, 0.6) is 0 Å². The number of nitrogens with one attached hydrogen (secondary N) is 1. The van der Waals surface area contributed by atoms with Gasteiger partial charge in [-0.05, 0) is 31.5 Å². The van der Waals surface area contributed by atoms with Crippen molar-refractivity contribution in [2.75, 3.05) is 11.9 Å². The Balaban J connectivity index is 2.53. The summed E-state index contributed by atoms with van der Waals surface area (Å²) in [5.41, 5.74) is 5.35. The van der Waals surface area contributed by atoms with Crippen LogP contribution in [-0.2, 0) is 4.79 Å². The Kier molecular flexibility index (Phi) is 6.97. The van der Waals surface area contributed by atoms with Crippen molar-refractivity contribution in [1.82, 2.24) is 0 Å². The molecule has 20 heavy (non-hydrogen) atoms. The van der Waals surface area contributed by atoms with Crippen molar-refractivity contribution in [3.05, 3.63) is 33.3 Å². The van der Waals surface area contributed by atoms with Crippen LogP contribution < -0.4 is 11.1 Å². The van der Waals surface area contributed by atoms with Gasteiger partial charge in [0, 0.05) is 17.5 Å². The monoisotopic (exact) mass is 299 g/mol. The summed E-state index contributed by atoms with van der Waals surface area (Å²) in [6.07, 6.45) is 3.92. The Hall–Kier alpha value is -1.66. The van der Waals surface area contributed by atoms with E-state index in [-0.39, 0.29) is 17.3 Å². The third kappa shape index (κ3) is 5.54. The van der Waals surface area contributed by atoms with Gasteiger partial charge in [0.2, 0.25) is 5.91 Å². The van der Waals surface area contributed by atoms with Crippen LogP contribution in [0.25, 0.3) is 0 Å². The lowest BCUT2D eigenvalue weighted by Gasteiger charge is -2.06. The molecule has 0 spiro atoms. The first kappa shape index (κ1) is 16.4. The first-order valence-electron chi connectivity index (χ1n) is 6.48. The highest BCUT2D eigenvalue weighted by atomic mass is 35.5. The number of hydrogen-bond donors (Lipinski definition) is 2. The van der Waals surface area contributed by atoms with Crippen LogP contribution >= 0.6 is 11.6 Å². The van der Waals surface area contributed by atoms with Crippen LogP contribution in [0.15, 0.2) is 18.2 Å². The normalized spacial score (nSPS) is 10.3. The predicted octanol–water partition coefficient (Wildman–Crippen LogP) is 3.10. The van der Waals surface area contributed by atoms with Crippen LogP contribution in [0.1, 0.15) is 32.1 Å². The van der Waals surface area contributed by atoms with E-state index in [2.05, 4.69) is 5.32 Å². The fourth-order valence-electron chi connectivity index (χ4n) is 1.76. The molecule has 1 amide bonds. The van der Waals surface area contributed by atoms with Crippen molar-refractivity contribution in [2.45, 2.75) is 32.1 Å². The number of anilines is 1. The summed E-state index contributed by atoms with van der Waals surface area (Å²) in [6.45, 7) is 0.654. The molecule has 0 aliphatic heterocycles. The number of nitro benzene ring substituents is 1. The minimum atomic E-state index is -0.548. The molecule has 0 saturated heterocycles. The Morgan fingerprint density at radius 1 is 1.30 bits per heavy atom. The molecule has 110 valence electrons. The maximum absolute atomic E-state index is 11.7.